The minimum Gasteiger partial charge on any atom is -0.338 e. The fourth-order valence-electron chi connectivity index (χ4n) is 4.10. The van der Waals surface area contributed by atoms with Crippen molar-refractivity contribution in [3.8, 4) is 5.69 Å². The van der Waals surface area contributed by atoms with E-state index >= 15 is 0 Å². The zero-order chi connectivity index (χ0) is 20.7. The zero-order valence-corrected chi connectivity index (χ0v) is 17.8. The fraction of sp³-hybridized carbons (Fsp3) is 0.348. The van der Waals surface area contributed by atoms with Crippen molar-refractivity contribution in [3.63, 3.8) is 0 Å². The van der Waals surface area contributed by atoms with E-state index < -0.39 is 0 Å². The number of aromatic amines is 1. The molecule has 150 valence electrons. The van der Waals surface area contributed by atoms with Crippen LogP contribution in [-0.2, 0) is 0 Å². The van der Waals surface area contributed by atoms with Crippen LogP contribution in [0.5, 0.6) is 0 Å². The average molecular weight is 408 g/mol. The number of nitrogens with zero attached hydrogens (tertiary/aromatic N) is 2. The minimum atomic E-state index is -0.178. The Morgan fingerprint density at radius 3 is 2.76 bits per heavy atom. The number of piperidine rings is 1. The van der Waals surface area contributed by atoms with Crippen molar-refractivity contribution in [1.82, 2.24) is 14.5 Å². The second kappa shape index (κ2) is 7.59. The van der Waals surface area contributed by atoms with E-state index in [4.69, 9.17) is 12.2 Å². The third-order valence-electron chi connectivity index (χ3n) is 5.91. The van der Waals surface area contributed by atoms with E-state index in [9.17, 15) is 9.59 Å². The summed E-state index contributed by atoms with van der Waals surface area (Å²) in [6.07, 6.45) is 2.19. The molecular formula is C23H25N3O2S. The smallest absolute Gasteiger partial charge is 0.266 e. The molecule has 0 radical (unpaired) electrons. The highest BCUT2D eigenvalue weighted by molar-refractivity contribution is 7.71. The van der Waals surface area contributed by atoms with Gasteiger partial charge >= 0.3 is 0 Å². The molecule has 1 aliphatic rings. The fourth-order valence-corrected chi connectivity index (χ4v) is 4.40. The number of aryl methyl sites for hydroxylation is 1. The number of hydrogen-bond acceptors (Lipinski definition) is 3. The molecule has 1 atom stereocenters. The Morgan fingerprint density at radius 1 is 1.21 bits per heavy atom. The van der Waals surface area contributed by atoms with Gasteiger partial charge in [0.15, 0.2) is 4.77 Å². The van der Waals surface area contributed by atoms with Crippen LogP contribution in [0.2, 0.25) is 0 Å². The topological polar surface area (TPSA) is 58.1 Å². The average Bonchev–Trinajstić information content (AvgIpc) is 2.70. The molecule has 4 rings (SSSR count). The molecule has 1 aliphatic heterocycles. The summed E-state index contributed by atoms with van der Waals surface area (Å²) in [7, 11) is 0. The molecule has 2 heterocycles. The molecule has 1 saturated heterocycles. The number of H-pyrrole nitrogens is 1. The van der Waals surface area contributed by atoms with Crippen LogP contribution >= 0.6 is 12.2 Å². The number of benzene rings is 2. The van der Waals surface area contributed by atoms with Gasteiger partial charge in [0.1, 0.15) is 0 Å². The summed E-state index contributed by atoms with van der Waals surface area (Å²) in [4.78, 5) is 31.2. The van der Waals surface area contributed by atoms with Crippen LogP contribution in [0.1, 0.15) is 41.3 Å². The molecule has 1 amide bonds. The van der Waals surface area contributed by atoms with Gasteiger partial charge < -0.3 is 9.88 Å². The number of rotatable bonds is 2. The predicted octanol–water partition coefficient (Wildman–Crippen LogP) is 4.54. The van der Waals surface area contributed by atoms with E-state index in [-0.39, 0.29) is 11.5 Å². The van der Waals surface area contributed by atoms with Crippen LogP contribution in [0.4, 0.5) is 0 Å². The number of aromatic nitrogens is 2. The minimum absolute atomic E-state index is 0.0106. The molecule has 5 nitrogen and oxygen atoms in total. The Kier molecular flexibility index (Phi) is 5.13. The number of nitrogens with one attached hydrogen (secondary N) is 1. The molecule has 0 saturated carbocycles. The van der Waals surface area contributed by atoms with Gasteiger partial charge in [-0.15, -0.1) is 0 Å². The van der Waals surface area contributed by atoms with Crippen LogP contribution < -0.4 is 5.56 Å². The number of hydrogen-bond donors (Lipinski definition) is 1. The summed E-state index contributed by atoms with van der Waals surface area (Å²) >= 11 is 5.51. The lowest BCUT2D eigenvalue weighted by Crippen LogP contribution is -2.39. The Hall–Kier alpha value is -2.73. The first-order valence-electron chi connectivity index (χ1n) is 10.0. The molecule has 6 heteroatoms. The second-order valence-electron chi connectivity index (χ2n) is 8.05. The highest BCUT2D eigenvalue weighted by Crippen LogP contribution is 2.21. The van der Waals surface area contributed by atoms with E-state index in [0.29, 0.717) is 27.2 Å². The number of amides is 1. The first-order valence-corrected chi connectivity index (χ1v) is 10.4. The first-order chi connectivity index (χ1) is 13.9. The van der Waals surface area contributed by atoms with E-state index in [1.807, 2.05) is 36.9 Å². The van der Waals surface area contributed by atoms with Crippen molar-refractivity contribution in [2.45, 2.75) is 33.6 Å². The quantitative estimate of drug-likeness (QED) is 0.635. The first kappa shape index (κ1) is 19.6. The lowest BCUT2D eigenvalue weighted by molar-refractivity contribution is 0.0683. The molecule has 0 spiro atoms. The van der Waals surface area contributed by atoms with Crippen molar-refractivity contribution in [3.05, 3.63) is 68.2 Å². The van der Waals surface area contributed by atoms with Gasteiger partial charge in [-0.1, -0.05) is 19.1 Å². The summed E-state index contributed by atoms with van der Waals surface area (Å²) < 4.78 is 1.86. The number of carbonyl (C=O) groups excluding carboxylic acids is 1. The number of fused-ring (bicyclic) bond motifs is 1. The molecule has 1 fully saturated rings. The van der Waals surface area contributed by atoms with Crippen molar-refractivity contribution in [1.29, 1.82) is 0 Å². The number of likely N-dealkylation sites (tertiary alicyclic amines) is 1. The Morgan fingerprint density at radius 2 is 2.00 bits per heavy atom. The summed E-state index contributed by atoms with van der Waals surface area (Å²) in [5.74, 6) is 0.528. The van der Waals surface area contributed by atoms with Crippen molar-refractivity contribution >= 4 is 29.0 Å². The van der Waals surface area contributed by atoms with E-state index in [2.05, 4.69) is 11.9 Å². The SMILES string of the molecule is Cc1cccc(-n2c(=S)[nH]c3cc(C(=O)N4CCCC(C)C4)ccc3c2=O)c1C. The lowest BCUT2D eigenvalue weighted by atomic mass is 9.99. The van der Waals surface area contributed by atoms with Gasteiger partial charge in [0.05, 0.1) is 16.6 Å². The van der Waals surface area contributed by atoms with Gasteiger partial charge in [0.25, 0.3) is 11.5 Å². The molecule has 2 aromatic carbocycles. The van der Waals surface area contributed by atoms with Crippen molar-refractivity contribution in [2.75, 3.05) is 13.1 Å². The largest absolute Gasteiger partial charge is 0.338 e. The van der Waals surface area contributed by atoms with Gasteiger partial charge in [-0.05, 0) is 80.2 Å². The van der Waals surface area contributed by atoms with E-state index in [1.165, 1.54) is 4.57 Å². The van der Waals surface area contributed by atoms with Gasteiger partial charge in [0.2, 0.25) is 0 Å². The zero-order valence-electron chi connectivity index (χ0n) is 17.0. The summed E-state index contributed by atoms with van der Waals surface area (Å²) in [6, 6.07) is 11.1. The van der Waals surface area contributed by atoms with E-state index in [1.54, 1.807) is 18.2 Å². The molecule has 3 aromatic rings. The van der Waals surface area contributed by atoms with Crippen LogP contribution in [0.25, 0.3) is 16.6 Å². The molecule has 29 heavy (non-hydrogen) atoms. The molecule has 1 aromatic heterocycles. The monoisotopic (exact) mass is 407 g/mol. The molecule has 1 unspecified atom stereocenters. The van der Waals surface area contributed by atoms with Gasteiger partial charge in [-0.25, -0.2) is 0 Å². The van der Waals surface area contributed by atoms with E-state index in [0.717, 1.165) is 42.7 Å². The van der Waals surface area contributed by atoms with Gasteiger partial charge in [0, 0.05) is 18.7 Å². The molecule has 0 aliphatic carbocycles. The van der Waals surface area contributed by atoms with Gasteiger partial charge in [-0.2, -0.15) is 0 Å². The Labute approximate surface area is 175 Å². The van der Waals surface area contributed by atoms with Crippen LogP contribution in [-0.4, -0.2) is 33.4 Å². The van der Waals surface area contributed by atoms with Crippen LogP contribution in [0, 0.1) is 24.5 Å². The maximum atomic E-state index is 13.2. The van der Waals surface area contributed by atoms with Crippen molar-refractivity contribution in [2.24, 2.45) is 5.92 Å². The lowest BCUT2D eigenvalue weighted by Gasteiger charge is -2.31. The van der Waals surface area contributed by atoms with Crippen LogP contribution in [0.3, 0.4) is 0 Å². The number of carbonyl (C=O) groups is 1. The Balaban J connectivity index is 1.80. The van der Waals surface area contributed by atoms with Gasteiger partial charge in [-0.3, -0.25) is 14.2 Å². The third-order valence-corrected chi connectivity index (χ3v) is 6.19. The predicted molar refractivity (Wildman–Crippen MR) is 119 cm³/mol. The van der Waals surface area contributed by atoms with Crippen molar-refractivity contribution < 1.29 is 4.79 Å². The highest BCUT2D eigenvalue weighted by atomic mass is 32.1. The van der Waals surface area contributed by atoms with Crippen LogP contribution in [0.15, 0.2) is 41.2 Å². The third kappa shape index (κ3) is 3.53. The molecule has 0 bridgehead atoms. The second-order valence-corrected chi connectivity index (χ2v) is 8.44. The summed E-state index contributed by atoms with van der Waals surface area (Å²) in [5, 5.41) is 0.517. The molecule has 1 N–H and O–H groups in total. The summed E-state index contributed by atoms with van der Waals surface area (Å²) in [5.41, 5.74) is 3.89. The highest BCUT2D eigenvalue weighted by Gasteiger charge is 2.22. The summed E-state index contributed by atoms with van der Waals surface area (Å²) in [6.45, 7) is 7.73. The standard InChI is InChI=1S/C23H25N3O2S/c1-14-6-5-11-25(13-14)21(27)17-9-10-18-19(12-17)24-23(29)26(22(18)28)20-8-4-7-15(2)16(20)3/h4,7-10,12,14H,5-6,11,13H2,1-3H3,(H,24,29). The normalized spacial score (nSPS) is 16.9. The maximum Gasteiger partial charge on any atom is 0.266 e. The molecular weight excluding hydrogens is 382 g/mol. The Bertz CT molecular complexity index is 1230. The maximum absolute atomic E-state index is 13.2.